The number of hydrogen-bond acceptors (Lipinski definition) is 6. The number of carbonyl (C=O) groups excluding carboxylic acids is 4. The molecule has 6 fully saturated rings. The highest BCUT2D eigenvalue weighted by Gasteiger charge is 2.77. The summed E-state index contributed by atoms with van der Waals surface area (Å²) in [6.45, 7) is 0. The summed E-state index contributed by atoms with van der Waals surface area (Å²) in [5.74, 6) is -1.51. The molecule has 0 amide bonds. The van der Waals surface area contributed by atoms with Gasteiger partial charge in [-0.1, -0.05) is 0 Å². The van der Waals surface area contributed by atoms with Crippen molar-refractivity contribution in [3.63, 3.8) is 0 Å². The molecule has 6 nitrogen and oxygen atoms in total. The molecule has 2 aliphatic heterocycles. The molecule has 0 spiro atoms. The molecule has 0 N–H and O–H groups in total. The van der Waals surface area contributed by atoms with Gasteiger partial charge in [0.25, 0.3) is 0 Å². The van der Waals surface area contributed by atoms with E-state index in [-0.39, 0.29) is 83.1 Å². The summed E-state index contributed by atoms with van der Waals surface area (Å²) in [5, 5.41) is 0. The van der Waals surface area contributed by atoms with Gasteiger partial charge in [-0.25, -0.2) is 0 Å². The molecule has 0 aromatic heterocycles. The number of carbonyl (C=O) groups is 4. The standard InChI is InChI=1S/C16H14O6/c17-13-9-3-1-4(10(9)14(18)21-13)8-6-2-5(7(3)8)11-12(6)16(20)22-15(11)19/h3-12H,1-2H2/t3-,4+,5-,6?,7?,8?,9-,10?,11?,12+/m0/s1. The van der Waals surface area contributed by atoms with Crippen LogP contribution in [0.5, 0.6) is 0 Å². The molecule has 0 aromatic carbocycles. The number of esters is 4. The van der Waals surface area contributed by atoms with E-state index >= 15 is 0 Å². The summed E-state index contributed by atoms with van der Waals surface area (Å²) in [7, 11) is 0. The molecule has 6 rings (SSSR count). The Bertz CT molecular complexity index is 572. The number of ether oxygens (including phenoxy) is 2. The van der Waals surface area contributed by atoms with Crippen molar-refractivity contribution < 1.29 is 28.7 Å². The summed E-state index contributed by atoms with van der Waals surface area (Å²) in [6, 6.07) is 0. The highest BCUT2D eigenvalue weighted by atomic mass is 16.6. The van der Waals surface area contributed by atoms with Crippen LogP contribution < -0.4 is 0 Å². The third kappa shape index (κ3) is 0.989. The second-order valence-electron chi connectivity index (χ2n) is 7.86. The highest BCUT2D eigenvalue weighted by molar-refractivity contribution is 5.99. The molecule has 2 heterocycles. The Morgan fingerprint density at radius 3 is 1.09 bits per heavy atom. The van der Waals surface area contributed by atoms with Crippen LogP contribution in [0.15, 0.2) is 0 Å². The maximum absolute atomic E-state index is 12.0. The number of cyclic esters (lactones) is 4. The molecule has 4 saturated carbocycles. The molecule has 10 atom stereocenters. The summed E-state index contributed by atoms with van der Waals surface area (Å²) in [5.41, 5.74) is 0. The first-order chi connectivity index (χ1) is 10.6. The average Bonchev–Trinajstić information content (AvgIpc) is 3.21. The topological polar surface area (TPSA) is 86.7 Å². The van der Waals surface area contributed by atoms with Crippen LogP contribution in [0.25, 0.3) is 0 Å². The second kappa shape index (κ2) is 3.29. The molecule has 0 aromatic rings. The Kier molecular flexibility index (Phi) is 1.76. The first-order valence-corrected chi connectivity index (χ1v) is 8.09. The van der Waals surface area contributed by atoms with E-state index in [1.165, 1.54) is 0 Å². The van der Waals surface area contributed by atoms with Gasteiger partial charge in [-0.2, -0.15) is 0 Å². The molecule has 22 heavy (non-hydrogen) atoms. The minimum Gasteiger partial charge on any atom is -0.393 e. The fourth-order valence-corrected chi connectivity index (χ4v) is 7.40. The van der Waals surface area contributed by atoms with E-state index in [4.69, 9.17) is 9.47 Å². The minimum absolute atomic E-state index is 0.151. The zero-order chi connectivity index (χ0) is 14.9. The Balaban J connectivity index is 1.46. The van der Waals surface area contributed by atoms with Crippen molar-refractivity contribution in [2.45, 2.75) is 12.8 Å². The summed E-state index contributed by atoms with van der Waals surface area (Å²) < 4.78 is 9.73. The van der Waals surface area contributed by atoms with E-state index in [0.717, 1.165) is 12.8 Å². The van der Waals surface area contributed by atoms with Crippen molar-refractivity contribution >= 4 is 23.9 Å². The van der Waals surface area contributed by atoms with Gasteiger partial charge in [-0.05, 0) is 48.3 Å². The lowest BCUT2D eigenvalue weighted by atomic mass is 9.59. The van der Waals surface area contributed by atoms with Gasteiger partial charge in [-0.15, -0.1) is 0 Å². The molecule has 114 valence electrons. The Morgan fingerprint density at radius 1 is 0.545 bits per heavy atom. The fraction of sp³-hybridized carbons (Fsp3) is 0.750. The van der Waals surface area contributed by atoms with Crippen molar-refractivity contribution in [2.75, 3.05) is 0 Å². The van der Waals surface area contributed by atoms with E-state index < -0.39 is 0 Å². The van der Waals surface area contributed by atoms with E-state index in [2.05, 4.69) is 0 Å². The van der Waals surface area contributed by atoms with E-state index in [1.54, 1.807) is 0 Å². The molecule has 4 bridgehead atoms. The van der Waals surface area contributed by atoms with Gasteiger partial charge in [0.05, 0.1) is 23.7 Å². The van der Waals surface area contributed by atoms with Crippen LogP contribution in [0.3, 0.4) is 0 Å². The molecule has 6 heteroatoms. The summed E-state index contributed by atoms with van der Waals surface area (Å²) >= 11 is 0. The molecular weight excluding hydrogens is 288 g/mol. The quantitative estimate of drug-likeness (QED) is 0.360. The third-order valence-electron chi connectivity index (χ3n) is 7.62. The molecule has 4 aliphatic carbocycles. The van der Waals surface area contributed by atoms with Crippen LogP contribution in [0.1, 0.15) is 12.8 Å². The zero-order valence-corrected chi connectivity index (χ0v) is 11.6. The number of hydrogen-bond donors (Lipinski definition) is 0. The number of fused-ring (bicyclic) bond motifs is 15. The van der Waals surface area contributed by atoms with Gasteiger partial charge in [-0.3, -0.25) is 19.2 Å². The molecule has 5 unspecified atom stereocenters. The zero-order valence-electron chi connectivity index (χ0n) is 11.6. The van der Waals surface area contributed by atoms with Gasteiger partial charge < -0.3 is 9.47 Å². The van der Waals surface area contributed by atoms with Crippen LogP contribution in [-0.4, -0.2) is 23.9 Å². The second-order valence-corrected chi connectivity index (χ2v) is 7.86. The van der Waals surface area contributed by atoms with Crippen molar-refractivity contribution in [2.24, 2.45) is 59.2 Å². The molecule has 2 saturated heterocycles. The monoisotopic (exact) mass is 302 g/mol. The largest absolute Gasteiger partial charge is 0.393 e. The lowest BCUT2D eigenvalue weighted by molar-refractivity contribution is -0.156. The van der Waals surface area contributed by atoms with Gasteiger partial charge in [0.15, 0.2) is 0 Å². The first-order valence-electron chi connectivity index (χ1n) is 8.09. The van der Waals surface area contributed by atoms with Crippen LogP contribution in [0.2, 0.25) is 0 Å². The first kappa shape index (κ1) is 11.8. The van der Waals surface area contributed by atoms with E-state index in [0.29, 0.717) is 0 Å². The lowest BCUT2D eigenvalue weighted by Gasteiger charge is -2.40. The lowest BCUT2D eigenvalue weighted by Crippen LogP contribution is -2.45. The van der Waals surface area contributed by atoms with Gasteiger partial charge >= 0.3 is 23.9 Å². The Labute approximate surface area is 125 Å². The third-order valence-corrected chi connectivity index (χ3v) is 7.62. The van der Waals surface area contributed by atoms with Gasteiger partial charge in [0.2, 0.25) is 0 Å². The maximum Gasteiger partial charge on any atom is 0.317 e. The number of rotatable bonds is 0. The predicted octanol–water partition coefficient (Wildman–Crippen LogP) is 0.150. The molecule has 0 radical (unpaired) electrons. The predicted molar refractivity (Wildman–Crippen MR) is 66.3 cm³/mol. The van der Waals surface area contributed by atoms with E-state index in [9.17, 15) is 19.2 Å². The van der Waals surface area contributed by atoms with Gasteiger partial charge in [0, 0.05) is 0 Å². The normalized spacial score (nSPS) is 59.6. The average molecular weight is 302 g/mol. The van der Waals surface area contributed by atoms with Gasteiger partial charge in [0.1, 0.15) is 0 Å². The Hall–Kier alpha value is -1.72. The minimum atomic E-state index is -0.370. The van der Waals surface area contributed by atoms with Crippen molar-refractivity contribution in [3.8, 4) is 0 Å². The van der Waals surface area contributed by atoms with E-state index in [1.807, 2.05) is 0 Å². The fourth-order valence-electron chi connectivity index (χ4n) is 7.40. The van der Waals surface area contributed by atoms with Crippen LogP contribution in [-0.2, 0) is 28.7 Å². The SMILES string of the molecule is O=C1OC(=O)[C@@H]2C3C[C@H](C12)C1C3[C@H]2C[C@@H]1[C@@H]1C(=O)OC(=O)C21. The molecule has 6 aliphatic rings. The van der Waals surface area contributed by atoms with Crippen LogP contribution >= 0.6 is 0 Å². The summed E-state index contributed by atoms with van der Waals surface area (Å²) in [6.07, 6.45) is 1.75. The summed E-state index contributed by atoms with van der Waals surface area (Å²) in [4.78, 5) is 48.0. The van der Waals surface area contributed by atoms with Crippen LogP contribution in [0.4, 0.5) is 0 Å². The van der Waals surface area contributed by atoms with Crippen LogP contribution in [0, 0.1) is 59.2 Å². The Morgan fingerprint density at radius 2 is 0.818 bits per heavy atom. The smallest absolute Gasteiger partial charge is 0.317 e. The molecular formula is C16H14O6. The van der Waals surface area contributed by atoms with Crippen molar-refractivity contribution in [1.29, 1.82) is 0 Å². The van der Waals surface area contributed by atoms with Crippen molar-refractivity contribution in [3.05, 3.63) is 0 Å². The van der Waals surface area contributed by atoms with Crippen molar-refractivity contribution in [1.82, 2.24) is 0 Å². The highest BCUT2D eigenvalue weighted by Crippen LogP contribution is 2.74. The maximum atomic E-state index is 12.0.